The Bertz CT molecular complexity index is 7420. The van der Waals surface area contributed by atoms with Crippen LogP contribution in [0, 0.1) is 34.4 Å². The van der Waals surface area contributed by atoms with Gasteiger partial charge in [0.2, 0.25) is 0 Å². The summed E-state index contributed by atoms with van der Waals surface area (Å²) in [6, 6.07) is 139. The van der Waals surface area contributed by atoms with E-state index in [0.717, 1.165) is 150 Å². The van der Waals surface area contributed by atoms with E-state index in [-0.39, 0.29) is 70.3 Å². The van der Waals surface area contributed by atoms with Gasteiger partial charge in [0.25, 0.3) is 0 Å². The fourth-order valence-corrected chi connectivity index (χ4v) is 21.2. The molecule has 0 amide bonds. The molecule has 9 nitrogen and oxygen atoms in total. The maximum Gasteiger partial charge on any atom is 3.00 e. The standard InChI is InChI=1S/C138H130N9.Ir/c1-133(2,3)84-109-77-99(126-83-114(69-70-139-126)138(16,17)18)57-62-118(109)121-54-32-31-53-115(121)106-78-107(116-65-60-112(136(10,11)12)81-122(116)119-63-55-97(75-110(119)85-134(4,5)6)124-67-58-104(87-140-124)131-144-127(100-49-33-45-93(71-100)89-37-23-19-24-38-89)142-128(145-131)101-50-34-46-94(72-101)90-39-25-20-26-40-90)80-108(79-106)117-66-61-113(137(13,14)15)82-123(117)120-64-56-98(76-111(120)86-135(7,8)9)125-68-59-105(88-141-125)132-146-129(102-51-35-47-95(73-102)91-41-27-21-28-42-91)143-130(147-132)103-52-36-48-96(74-103)92-43-29-22-30-44-92;/h19-54,58-77,81-83,87-88,106-108H,78-80,84-86H2,1-18H3;/q-3;+3. The molecule has 2 unspecified atom stereocenters. The number of nitrogens with zero attached hydrogens (tertiary/aromatic N) is 9. The first-order valence-corrected chi connectivity index (χ1v) is 52.1. The van der Waals surface area contributed by atoms with Crippen molar-refractivity contribution in [3.05, 3.63) is 439 Å². The summed E-state index contributed by atoms with van der Waals surface area (Å²) in [5.41, 5.74) is 37.8. The molecule has 0 bridgehead atoms. The maximum atomic E-state index is 5.36. The molecule has 1 aliphatic rings. The minimum absolute atomic E-state index is 0. The molecule has 1 saturated carbocycles. The van der Waals surface area contributed by atoms with Gasteiger partial charge in [-0.2, -0.15) is 0 Å². The predicted octanol–water partition coefficient (Wildman–Crippen LogP) is 35.8. The molecular weight excluding hydrogens is 1980 g/mol. The molecule has 736 valence electrons. The number of hydrogen-bond donors (Lipinski definition) is 0. The Morgan fingerprint density at radius 3 is 0.811 bits per heavy atom. The average Bonchev–Trinajstić information content (AvgIpc) is 0.746. The molecule has 10 heteroatoms. The molecule has 1 aliphatic carbocycles. The molecule has 0 radical (unpaired) electrons. The third-order valence-electron chi connectivity index (χ3n) is 28.6. The normalized spacial score (nSPS) is 14.2. The van der Waals surface area contributed by atoms with Crippen molar-refractivity contribution in [2.75, 3.05) is 0 Å². The summed E-state index contributed by atoms with van der Waals surface area (Å²) >= 11 is 0. The number of pyridine rings is 3. The van der Waals surface area contributed by atoms with Gasteiger partial charge in [0.15, 0.2) is 34.9 Å². The van der Waals surface area contributed by atoms with Gasteiger partial charge in [-0.3, -0.25) is 0 Å². The van der Waals surface area contributed by atoms with Crippen molar-refractivity contribution in [2.45, 2.75) is 197 Å². The number of aromatic nitrogens is 9. The maximum absolute atomic E-state index is 5.36. The SMILES string of the molecule is CC(C)(C)Cc1cc(-c2cc(C(C)(C)C)ccn2)[c-]cc1-c1ccccc1C1CC(c2ccc(C(C)(C)C)cc2-c2c[c-]c(-c3ccc(-c4nc(-c5cccc(-c6ccccc6)c5)nc(-c5cccc(-c6ccccc6)c5)n4)cn3)cc2CC(C)(C)C)CC(c2ccc(C(C)(C)C)cc2-c2c[c-]c(-c3ccc(-c4nc(-c5cccc(-c6ccccc6)c5)nc(-c5cccc(-c6ccccc6)c5)n4)cn3)cc2CC(C)(C)C)C1.[Ir+3]. The molecule has 5 aromatic heterocycles. The van der Waals surface area contributed by atoms with Crippen LogP contribution in [-0.4, -0.2) is 44.9 Å². The third kappa shape index (κ3) is 23.4. The first-order chi connectivity index (χ1) is 70.5. The molecule has 0 aliphatic heterocycles. The van der Waals surface area contributed by atoms with Crippen molar-refractivity contribution in [2.24, 2.45) is 16.2 Å². The van der Waals surface area contributed by atoms with Gasteiger partial charge in [0.05, 0.1) is 0 Å². The Hall–Kier alpha value is -14.8. The number of benzene rings is 14. The molecule has 2 atom stereocenters. The van der Waals surface area contributed by atoms with Crippen LogP contribution in [0.5, 0.6) is 0 Å². The smallest absolute Gasteiger partial charge is 0.305 e. The van der Waals surface area contributed by atoms with Gasteiger partial charge >= 0.3 is 20.1 Å². The summed E-state index contributed by atoms with van der Waals surface area (Å²) in [5, 5.41) is 0. The van der Waals surface area contributed by atoms with E-state index >= 15 is 0 Å². The molecule has 14 aromatic carbocycles. The van der Waals surface area contributed by atoms with Crippen molar-refractivity contribution < 1.29 is 20.1 Å². The van der Waals surface area contributed by atoms with Gasteiger partial charge < -0.3 is 15.0 Å². The summed E-state index contributed by atoms with van der Waals surface area (Å²) in [4.78, 5) is 47.5. The second kappa shape index (κ2) is 42.2. The summed E-state index contributed by atoms with van der Waals surface area (Å²) in [6.45, 7) is 42.3. The van der Waals surface area contributed by atoms with Gasteiger partial charge in [0, 0.05) is 52.0 Å². The van der Waals surface area contributed by atoms with Gasteiger partial charge in [-0.15, -0.1) is 88.0 Å². The largest absolute Gasteiger partial charge is 3.00 e. The Morgan fingerprint density at radius 2 is 0.500 bits per heavy atom. The van der Waals surface area contributed by atoms with E-state index < -0.39 is 0 Å². The summed E-state index contributed by atoms with van der Waals surface area (Å²) in [5.74, 6) is 3.66. The van der Waals surface area contributed by atoms with E-state index in [9.17, 15) is 0 Å². The van der Waals surface area contributed by atoms with Crippen LogP contribution in [0.1, 0.15) is 212 Å². The molecular formula is C138H130IrN9. The van der Waals surface area contributed by atoms with Crippen LogP contribution in [-0.2, 0) is 55.6 Å². The van der Waals surface area contributed by atoms with Crippen LogP contribution >= 0.6 is 0 Å². The third-order valence-corrected chi connectivity index (χ3v) is 28.6. The van der Waals surface area contributed by atoms with Crippen LogP contribution in [0.3, 0.4) is 0 Å². The van der Waals surface area contributed by atoms with E-state index in [1.165, 1.54) is 83.5 Å². The Morgan fingerprint density at radius 1 is 0.223 bits per heavy atom. The topological polar surface area (TPSA) is 116 Å². The molecule has 0 spiro atoms. The first-order valence-electron chi connectivity index (χ1n) is 52.1. The van der Waals surface area contributed by atoms with Gasteiger partial charge in [0.1, 0.15) is 0 Å². The van der Waals surface area contributed by atoms with Gasteiger partial charge in [-0.05, 0) is 214 Å². The van der Waals surface area contributed by atoms with Crippen molar-refractivity contribution in [1.82, 2.24) is 44.9 Å². The Labute approximate surface area is 890 Å². The average molecular weight is 2110 g/mol. The molecule has 0 N–H and O–H groups in total. The number of hydrogen-bond acceptors (Lipinski definition) is 9. The molecule has 5 heterocycles. The quantitative estimate of drug-likeness (QED) is 0.0612. The van der Waals surface area contributed by atoms with Crippen LogP contribution < -0.4 is 0 Å². The van der Waals surface area contributed by atoms with Crippen LogP contribution in [0.25, 0.3) is 180 Å². The van der Waals surface area contributed by atoms with Crippen molar-refractivity contribution in [3.63, 3.8) is 0 Å². The van der Waals surface area contributed by atoms with Crippen LogP contribution in [0.4, 0.5) is 0 Å². The minimum Gasteiger partial charge on any atom is -0.305 e. The second-order valence-electron chi connectivity index (χ2n) is 47.0. The van der Waals surface area contributed by atoms with E-state index in [1.807, 2.05) is 42.9 Å². The fraction of sp³-hybridized carbons (Fsp3) is 0.239. The molecule has 19 aromatic rings. The Balaban J connectivity index is 0.0000138. The first kappa shape index (κ1) is 102. The molecule has 20 rings (SSSR count). The van der Waals surface area contributed by atoms with Crippen molar-refractivity contribution in [3.8, 4) is 180 Å². The summed E-state index contributed by atoms with van der Waals surface area (Å²) in [6.07, 6.45) is 11.1. The monoisotopic (exact) mass is 2110 g/mol. The summed E-state index contributed by atoms with van der Waals surface area (Å²) in [7, 11) is 0. The van der Waals surface area contributed by atoms with E-state index in [1.54, 1.807) is 0 Å². The van der Waals surface area contributed by atoms with E-state index in [2.05, 4.69) is 470 Å². The zero-order chi connectivity index (χ0) is 102. The zero-order valence-corrected chi connectivity index (χ0v) is 90.9. The fourth-order valence-electron chi connectivity index (χ4n) is 21.2. The zero-order valence-electron chi connectivity index (χ0n) is 88.6. The minimum atomic E-state index is -0.177. The molecule has 148 heavy (non-hydrogen) atoms. The number of rotatable bonds is 22. The summed E-state index contributed by atoms with van der Waals surface area (Å²) < 4.78 is 0. The van der Waals surface area contributed by atoms with E-state index in [0.29, 0.717) is 34.9 Å². The van der Waals surface area contributed by atoms with E-state index in [4.69, 9.17) is 44.9 Å². The van der Waals surface area contributed by atoms with Crippen LogP contribution in [0.15, 0.2) is 370 Å². The molecule has 1 fully saturated rings. The second-order valence-corrected chi connectivity index (χ2v) is 47.0. The molecule has 0 saturated heterocycles. The Kier molecular flexibility index (Phi) is 29.0. The van der Waals surface area contributed by atoms with Crippen LogP contribution in [0.2, 0.25) is 0 Å². The van der Waals surface area contributed by atoms with Gasteiger partial charge in [-0.25, -0.2) is 29.9 Å². The van der Waals surface area contributed by atoms with Crippen molar-refractivity contribution in [1.29, 1.82) is 0 Å². The van der Waals surface area contributed by atoms with Gasteiger partial charge in [-0.1, -0.05) is 443 Å². The predicted molar refractivity (Wildman–Crippen MR) is 611 cm³/mol. The van der Waals surface area contributed by atoms with Crippen molar-refractivity contribution >= 4 is 0 Å².